The summed E-state index contributed by atoms with van der Waals surface area (Å²) < 4.78 is 5.26. The molecule has 0 aromatic heterocycles. The Morgan fingerprint density at radius 3 is 2.26 bits per heavy atom. The molecule has 0 unspecified atom stereocenters. The van der Waals surface area contributed by atoms with E-state index < -0.39 is 0 Å². The smallest absolute Gasteiger partial charge is 0.344 e. The van der Waals surface area contributed by atoms with Crippen molar-refractivity contribution in [2.45, 2.75) is 52.9 Å². The summed E-state index contributed by atoms with van der Waals surface area (Å²) in [4.78, 5) is 21.1. The van der Waals surface area contributed by atoms with E-state index in [-0.39, 0.29) is 5.97 Å². The molecule has 0 atom stereocenters. The van der Waals surface area contributed by atoms with Crippen molar-refractivity contribution >= 4 is 28.2 Å². The Balaban J connectivity index is 0.000000356. The maximum absolute atomic E-state index is 10.9. The van der Waals surface area contributed by atoms with Crippen LogP contribution < -0.4 is 0 Å². The molecule has 0 saturated heterocycles. The van der Waals surface area contributed by atoms with Crippen LogP contribution in [0.2, 0.25) is 0 Å². The van der Waals surface area contributed by atoms with Crippen LogP contribution in [0.4, 0.5) is 0 Å². The second-order valence-electron chi connectivity index (χ2n) is 5.01. The molecule has 0 N–H and O–H groups in total. The van der Waals surface area contributed by atoms with Crippen molar-refractivity contribution in [2.24, 2.45) is 11.8 Å². The first-order valence-corrected chi connectivity index (χ1v) is 7.80. The molecule has 19 heavy (non-hydrogen) atoms. The number of ether oxygens (including phenoxy) is 1. The van der Waals surface area contributed by atoms with Crippen molar-refractivity contribution in [3.05, 3.63) is 10.6 Å². The average molecular weight is 333 g/mol. The van der Waals surface area contributed by atoms with Gasteiger partial charge in [-0.15, -0.1) is 0 Å². The van der Waals surface area contributed by atoms with Crippen LogP contribution in [0.5, 0.6) is 0 Å². The third kappa shape index (κ3) is 9.88. The molecule has 1 aliphatic rings. The van der Waals surface area contributed by atoms with Crippen LogP contribution in [0.25, 0.3) is 0 Å². The van der Waals surface area contributed by atoms with E-state index in [0.29, 0.717) is 22.9 Å². The van der Waals surface area contributed by atoms with E-state index in [9.17, 15) is 9.59 Å². The number of hydrogen-bond donors (Lipinski definition) is 0. The molecule has 1 aliphatic carbocycles. The number of aldehydes is 1. The fourth-order valence-electron chi connectivity index (χ4n) is 1.83. The molecule has 1 fully saturated rings. The van der Waals surface area contributed by atoms with Crippen LogP contribution in [0.1, 0.15) is 52.9 Å². The second-order valence-corrected chi connectivity index (χ2v) is 5.87. The minimum atomic E-state index is -0.291. The molecular weight excluding hydrogens is 308 g/mol. The van der Waals surface area contributed by atoms with Crippen molar-refractivity contribution in [1.29, 1.82) is 0 Å². The van der Waals surface area contributed by atoms with Crippen molar-refractivity contribution < 1.29 is 14.3 Å². The summed E-state index contributed by atoms with van der Waals surface area (Å²) in [6.07, 6.45) is 9.08. The van der Waals surface area contributed by atoms with E-state index in [1.807, 2.05) is 19.9 Å². The highest BCUT2D eigenvalue weighted by atomic mass is 79.9. The van der Waals surface area contributed by atoms with Gasteiger partial charge in [-0.1, -0.05) is 39.2 Å². The van der Waals surface area contributed by atoms with Gasteiger partial charge in [-0.2, -0.15) is 0 Å². The van der Waals surface area contributed by atoms with E-state index in [0.717, 1.165) is 19.1 Å². The van der Waals surface area contributed by atoms with Gasteiger partial charge in [0.15, 0.2) is 0 Å². The standard InChI is InChI=1S/C8H13BrO2.C7H12O/c1-4-11-8(10)7(9)5-6(2)3;8-6-7-4-2-1-3-5-7/h5-6H,4H2,1-3H3;6-7H,1-5H2/b7-5-;. The molecule has 0 spiro atoms. The quantitative estimate of drug-likeness (QED) is 0.439. The van der Waals surface area contributed by atoms with Gasteiger partial charge >= 0.3 is 5.97 Å². The minimum Gasteiger partial charge on any atom is -0.462 e. The number of hydrogen-bond acceptors (Lipinski definition) is 3. The molecule has 0 amide bonds. The molecule has 0 aromatic rings. The Morgan fingerprint density at radius 1 is 1.32 bits per heavy atom. The van der Waals surface area contributed by atoms with Gasteiger partial charge in [0.25, 0.3) is 0 Å². The Labute approximate surface area is 124 Å². The van der Waals surface area contributed by atoms with Crippen molar-refractivity contribution in [3.63, 3.8) is 0 Å². The van der Waals surface area contributed by atoms with Crippen LogP contribution in [0.15, 0.2) is 10.6 Å². The predicted octanol–water partition coefficient (Wildman–Crippen LogP) is 4.25. The topological polar surface area (TPSA) is 43.4 Å². The molecule has 1 rings (SSSR count). The van der Waals surface area contributed by atoms with Crippen LogP contribution in [0, 0.1) is 11.8 Å². The summed E-state index contributed by atoms with van der Waals surface area (Å²) in [6, 6.07) is 0. The highest BCUT2D eigenvalue weighted by Gasteiger charge is 2.10. The first-order valence-electron chi connectivity index (χ1n) is 7.01. The van der Waals surface area contributed by atoms with Crippen LogP contribution in [0.3, 0.4) is 0 Å². The summed E-state index contributed by atoms with van der Waals surface area (Å²) in [5.41, 5.74) is 0. The van der Waals surface area contributed by atoms with E-state index in [1.54, 1.807) is 6.92 Å². The first-order chi connectivity index (χ1) is 9.01. The number of rotatable bonds is 4. The normalized spacial score (nSPS) is 16.6. The second kappa shape index (κ2) is 11.2. The molecule has 0 radical (unpaired) electrons. The molecule has 0 heterocycles. The number of esters is 1. The Bertz CT molecular complexity index is 292. The third-order valence-electron chi connectivity index (χ3n) is 2.79. The van der Waals surface area contributed by atoms with E-state index in [2.05, 4.69) is 15.9 Å². The van der Waals surface area contributed by atoms with E-state index in [4.69, 9.17) is 4.74 Å². The SMILES string of the molecule is CCOC(=O)/C(Br)=C/C(C)C.O=CC1CCCCC1. The van der Waals surface area contributed by atoms with Crippen molar-refractivity contribution in [3.8, 4) is 0 Å². The molecule has 1 saturated carbocycles. The largest absolute Gasteiger partial charge is 0.462 e. The first kappa shape index (κ1) is 18.4. The fraction of sp³-hybridized carbons (Fsp3) is 0.733. The van der Waals surface area contributed by atoms with Gasteiger partial charge in [0.2, 0.25) is 0 Å². The fourth-order valence-corrected chi connectivity index (χ4v) is 2.47. The molecule has 3 nitrogen and oxygen atoms in total. The predicted molar refractivity (Wildman–Crippen MR) is 81.1 cm³/mol. The lowest BCUT2D eigenvalue weighted by Gasteiger charge is -2.14. The van der Waals surface area contributed by atoms with Gasteiger partial charge in [-0.05, 0) is 41.6 Å². The lowest BCUT2D eigenvalue weighted by atomic mass is 9.91. The lowest BCUT2D eigenvalue weighted by Crippen LogP contribution is -2.06. The van der Waals surface area contributed by atoms with Gasteiger partial charge < -0.3 is 9.53 Å². The lowest BCUT2D eigenvalue weighted by molar-refractivity contribution is -0.137. The van der Waals surface area contributed by atoms with Gasteiger partial charge in [0.05, 0.1) is 11.1 Å². The maximum Gasteiger partial charge on any atom is 0.344 e. The van der Waals surface area contributed by atoms with Gasteiger partial charge in [0.1, 0.15) is 6.29 Å². The number of carbonyl (C=O) groups is 2. The zero-order chi connectivity index (χ0) is 14.7. The molecule has 4 heteroatoms. The average Bonchev–Trinajstić information content (AvgIpc) is 2.40. The Kier molecular flexibility index (Phi) is 10.8. The Hall–Kier alpha value is -0.640. The van der Waals surface area contributed by atoms with E-state index >= 15 is 0 Å². The summed E-state index contributed by atoms with van der Waals surface area (Å²) in [5, 5.41) is 0. The number of allylic oxidation sites excluding steroid dienone is 1. The van der Waals surface area contributed by atoms with Crippen LogP contribution in [-0.4, -0.2) is 18.9 Å². The summed E-state index contributed by atoms with van der Waals surface area (Å²) >= 11 is 3.13. The zero-order valence-corrected chi connectivity index (χ0v) is 13.7. The van der Waals surface area contributed by atoms with Gasteiger partial charge in [-0.25, -0.2) is 4.79 Å². The molecule has 110 valence electrons. The summed E-state index contributed by atoms with van der Waals surface area (Å²) in [7, 11) is 0. The molecule has 0 aromatic carbocycles. The highest BCUT2D eigenvalue weighted by molar-refractivity contribution is 9.12. The van der Waals surface area contributed by atoms with Crippen LogP contribution in [-0.2, 0) is 14.3 Å². The van der Waals surface area contributed by atoms with Gasteiger partial charge in [-0.3, -0.25) is 0 Å². The minimum absolute atomic E-state index is 0.291. The van der Waals surface area contributed by atoms with E-state index in [1.165, 1.54) is 19.3 Å². The van der Waals surface area contributed by atoms with Crippen molar-refractivity contribution in [2.75, 3.05) is 6.61 Å². The van der Waals surface area contributed by atoms with Gasteiger partial charge in [0, 0.05) is 5.92 Å². The Morgan fingerprint density at radius 2 is 1.89 bits per heavy atom. The zero-order valence-electron chi connectivity index (χ0n) is 12.2. The van der Waals surface area contributed by atoms with Crippen LogP contribution >= 0.6 is 15.9 Å². The molecule has 0 bridgehead atoms. The number of carbonyl (C=O) groups excluding carboxylic acids is 2. The monoisotopic (exact) mass is 332 g/mol. The summed E-state index contributed by atoms with van der Waals surface area (Å²) in [5.74, 6) is 0.471. The number of halogens is 1. The maximum atomic E-state index is 10.9. The van der Waals surface area contributed by atoms with Crippen molar-refractivity contribution in [1.82, 2.24) is 0 Å². The molecular formula is C15H25BrO3. The third-order valence-corrected chi connectivity index (χ3v) is 3.38. The summed E-state index contributed by atoms with van der Waals surface area (Å²) in [6.45, 7) is 6.20. The highest BCUT2D eigenvalue weighted by Crippen LogP contribution is 2.21. The molecule has 0 aliphatic heterocycles.